The van der Waals surface area contributed by atoms with Gasteiger partial charge in [-0.3, -0.25) is 0 Å². The molecule has 0 radical (unpaired) electrons. The summed E-state index contributed by atoms with van der Waals surface area (Å²) in [6, 6.07) is 5.84. The second-order valence-corrected chi connectivity index (χ2v) is 8.94. The van der Waals surface area contributed by atoms with Gasteiger partial charge in [0.05, 0.1) is 13.2 Å². The number of nitrogens with zero attached hydrogens (tertiary/aromatic N) is 1. The van der Waals surface area contributed by atoms with E-state index in [1.807, 2.05) is 18.2 Å². The highest BCUT2D eigenvalue weighted by Gasteiger charge is 2.20. The maximum Gasteiger partial charge on any atom is 0.124 e. The molecule has 1 aromatic rings. The van der Waals surface area contributed by atoms with Gasteiger partial charge in [-0.15, -0.1) is 0 Å². The van der Waals surface area contributed by atoms with Crippen molar-refractivity contribution in [3.8, 4) is 11.5 Å². The van der Waals surface area contributed by atoms with Gasteiger partial charge in [-0.2, -0.15) is 0 Å². The van der Waals surface area contributed by atoms with E-state index in [1.165, 1.54) is 38.5 Å². The van der Waals surface area contributed by atoms with E-state index in [1.54, 1.807) is 7.11 Å². The van der Waals surface area contributed by atoms with Crippen LogP contribution in [0, 0.1) is 5.92 Å². The SMILES string of the molecule is COc1ccc(OC[C@H](O)CN2CCC(O)CC2)c(CNCCCC2CCCC2)c1. The summed E-state index contributed by atoms with van der Waals surface area (Å²) >= 11 is 0. The van der Waals surface area contributed by atoms with Crippen LogP contribution in [0.15, 0.2) is 18.2 Å². The van der Waals surface area contributed by atoms with Crippen molar-refractivity contribution in [2.24, 2.45) is 5.92 Å². The van der Waals surface area contributed by atoms with Gasteiger partial charge in [-0.05, 0) is 56.3 Å². The van der Waals surface area contributed by atoms with E-state index in [0.717, 1.165) is 62.0 Å². The van der Waals surface area contributed by atoms with Crippen molar-refractivity contribution in [2.75, 3.05) is 39.9 Å². The number of hydrogen-bond donors (Lipinski definition) is 3. The van der Waals surface area contributed by atoms with Crippen LogP contribution in [0.3, 0.4) is 0 Å². The Morgan fingerprint density at radius 1 is 1.17 bits per heavy atom. The third-order valence-electron chi connectivity index (χ3n) is 6.48. The molecule has 1 atom stereocenters. The van der Waals surface area contributed by atoms with Gasteiger partial charge in [0.15, 0.2) is 0 Å². The number of aliphatic hydroxyl groups excluding tert-OH is 2. The van der Waals surface area contributed by atoms with Crippen LogP contribution in [-0.4, -0.2) is 67.2 Å². The summed E-state index contributed by atoms with van der Waals surface area (Å²) in [5.41, 5.74) is 1.06. The van der Waals surface area contributed by atoms with Gasteiger partial charge in [0.2, 0.25) is 0 Å². The summed E-state index contributed by atoms with van der Waals surface area (Å²) in [6.07, 6.45) is 9.01. The van der Waals surface area contributed by atoms with Crippen molar-refractivity contribution in [3.05, 3.63) is 23.8 Å². The average molecular weight is 421 g/mol. The van der Waals surface area contributed by atoms with E-state index >= 15 is 0 Å². The number of ether oxygens (including phenoxy) is 2. The van der Waals surface area contributed by atoms with E-state index < -0.39 is 6.10 Å². The molecule has 1 aliphatic carbocycles. The Hall–Kier alpha value is -1.34. The fourth-order valence-corrected chi connectivity index (χ4v) is 4.64. The van der Waals surface area contributed by atoms with E-state index in [4.69, 9.17) is 9.47 Å². The zero-order valence-electron chi connectivity index (χ0n) is 18.5. The maximum atomic E-state index is 10.4. The number of piperidine rings is 1. The molecule has 0 aromatic heterocycles. The average Bonchev–Trinajstić information content (AvgIpc) is 3.27. The highest BCUT2D eigenvalue weighted by Crippen LogP contribution is 2.28. The van der Waals surface area contributed by atoms with E-state index in [9.17, 15) is 10.2 Å². The highest BCUT2D eigenvalue weighted by molar-refractivity contribution is 5.40. The predicted octanol–water partition coefficient (Wildman–Crippen LogP) is 2.95. The molecule has 0 bridgehead atoms. The first kappa shape index (κ1) is 23.3. The largest absolute Gasteiger partial charge is 0.497 e. The standard InChI is InChI=1S/C24H40N2O4/c1-29-23-8-9-24(30-18-22(28)17-26-13-10-21(27)11-14-26)20(15-23)16-25-12-4-7-19-5-2-3-6-19/h8-9,15,19,21-22,25,27-28H,2-7,10-14,16-18H2,1H3/t22-/m1/s1. The smallest absolute Gasteiger partial charge is 0.124 e. The molecule has 3 N–H and O–H groups in total. The van der Waals surface area contributed by atoms with Crippen LogP contribution in [0.4, 0.5) is 0 Å². The number of likely N-dealkylation sites (tertiary alicyclic amines) is 1. The summed E-state index contributed by atoms with van der Waals surface area (Å²) in [5, 5.41) is 23.6. The summed E-state index contributed by atoms with van der Waals surface area (Å²) in [5.74, 6) is 2.55. The first-order valence-electron chi connectivity index (χ1n) is 11.7. The fraction of sp³-hybridized carbons (Fsp3) is 0.750. The molecule has 3 rings (SSSR count). The number of methoxy groups -OCH3 is 1. The quantitative estimate of drug-likeness (QED) is 0.452. The van der Waals surface area contributed by atoms with Crippen molar-refractivity contribution in [3.63, 3.8) is 0 Å². The summed E-state index contributed by atoms with van der Waals surface area (Å²) in [7, 11) is 1.67. The zero-order valence-corrected chi connectivity index (χ0v) is 18.5. The van der Waals surface area contributed by atoms with Gasteiger partial charge in [0, 0.05) is 31.7 Å². The zero-order chi connectivity index (χ0) is 21.2. The second-order valence-electron chi connectivity index (χ2n) is 8.94. The lowest BCUT2D eigenvalue weighted by molar-refractivity contribution is 0.0336. The van der Waals surface area contributed by atoms with Gasteiger partial charge >= 0.3 is 0 Å². The second kappa shape index (κ2) is 12.5. The molecule has 1 aromatic carbocycles. The predicted molar refractivity (Wildman–Crippen MR) is 119 cm³/mol. The molecule has 0 unspecified atom stereocenters. The van der Waals surface area contributed by atoms with Gasteiger partial charge in [0.25, 0.3) is 0 Å². The summed E-state index contributed by atoms with van der Waals surface area (Å²) in [4.78, 5) is 2.20. The molecule has 2 fully saturated rings. The Balaban J connectivity index is 1.42. The van der Waals surface area contributed by atoms with Crippen molar-refractivity contribution in [1.82, 2.24) is 10.2 Å². The molecule has 0 amide bonds. The van der Waals surface area contributed by atoms with Gasteiger partial charge in [-0.1, -0.05) is 25.7 Å². The van der Waals surface area contributed by atoms with Gasteiger partial charge in [-0.25, -0.2) is 0 Å². The molecule has 6 heteroatoms. The lowest BCUT2D eigenvalue weighted by Gasteiger charge is -2.31. The third-order valence-corrected chi connectivity index (χ3v) is 6.48. The monoisotopic (exact) mass is 420 g/mol. The van der Waals surface area contributed by atoms with E-state index in [0.29, 0.717) is 6.54 Å². The minimum Gasteiger partial charge on any atom is -0.497 e. The summed E-state index contributed by atoms with van der Waals surface area (Å²) in [6.45, 7) is 4.25. The van der Waals surface area contributed by atoms with Crippen molar-refractivity contribution < 1.29 is 19.7 Å². The molecular weight excluding hydrogens is 380 g/mol. The Kier molecular flexibility index (Phi) is 9.72. The minimum absolute atomic E-state index is 0.192. The molecule has 0 spiro atoms. The molecule has 30 heavy (non-hydrogen) atoms. The van der Waals surface area contributed by atoms with Crippen LogP contribution in [0.5, 0.6) is 11.5 Å². The molecule has 1 saturated carbocycles. The molecule has 1 saturated heterocycles. The van der Waals surface area contributed by atoms with E-state index in [-0.39, 0.29) is 12.7 Å². The van der Waals surface area contributed by atoms with Gasteiger partial charge in [0.1, 0.15) is 24.2 Å². The Labute approximate surface area is 181 Å². The number of rotatable bonds is 12. The van der Waals surface area contributed by atoms with Crippen molar-refractivity contribution in [1.29, 1.82) is 0 Å². The Morgan fingerprint density at radius 3 is 2.67 bits per heavy atom. The van der Waals surface area contributed by atoms with Crippen molar-refractivity contribution >= 4 is 0 Å². The normalized spacial score (nSPS) is 19.8. The first-order chi connectivity index (χ1) is 14.6. The number of hydrogen-bond acceptors (Lipinski definition) is 6. The lowest BCUT2D eigenvalue weighted by atomic mass is 10.0. The fourth-order valence-electron chi connectivity index (χ4n) is 4.64. The van der Waals surface area contributed by atoms with Crippen LogP contribution < -0.4 is 14.8 Å². The minimum atomic E-state index is -0.547. The third kappa shape index (κ3) is 7.73. The number of β-amino-alcohol motifs (C(OH)–C–C–N with tert-alkyl or cyclic N) is 1. The van der Waals surface area contributed by atoms with E-state index in [2.05, 4.69) is 10.2 Å². The van der Waals surface area contributed by atoms with Crippen molar-refractivity contribution in [2.45, 2.75) is 70.1 Å². The first-order valence-corrected chi connectivity index (χ1v) is 11.7. The van der Waals surface area contributed by atoms with Crippen LogP contribution >= 0.6 is 0 Å². The van der Waals surface area contributed by atoms with Gasteiger partial charge < -0.3 is 29.9 Å². The van der Waals surface area contributed by atoms with Crippen LogP contribution in [0.2, 0.25) is 0 Å². The molecule has 1 aliphatic heterocycles. The molecule has 2 aliphatic rings. The van der Waals surface area contributed by atoms with Crippen LogP contribution in [0.1, 0.15) is 56.9 Å². The topological polar surface area (TPSA) is 74.2 Å². The van der Waals surface area contributed by atoms with Crippen LogP contribution in [0.25, 0.3) is 0 Å². The highest BCUT2D eigenvalue weighted by atomic mass is 16.5. The number of benzene rings is 1. The Bertz CT molecular complexity index is 613. The number of aliphatic hydroxyl groups is 2. The van der Waals surface area contributed by atoms with Crippen LogP contribution in [-0.2, 0) is 6.54 Å². The maximum absolute atomic E-state index is 10.4. The molecule has 6 nitrogen and oxygen atoms in total. The molecule has 1 heterocycles. The number of nitrogens with one attached hydrogen (secondary N) is 1. The Morgan fingerprint density at radius 2 is 1.93 bits per heavy atom. The molecule has 170 valence electrons. The summed E-state index contributed by atoms with van der Waals surface area (Å²) < 4.78 is 11.4. The lowest BCUT2D eigenvalue weighted by Crippen LogP contribution is -2.41. The molecular formula is C24H40N2O4.